The predicted molar refractivity (Wildman–Crippen MR) is 112 cm³/mol. The number of guanidine groups is 1. The van der Waals surface area contributed by atoms with Gasteiger partial charge in [-0.1, -0.05) is 66.7 Å². The molecule has 1 spiro atoms. The topological polar surface area (TPSA) is 76.7 Å². The van der Waals surface area contributed by atoms with Crippen LogP contribution in [0.5, 0.6) is 5.75 Å². The summed E-state index contributed by atoms with van der Waals surface area (Å²) in [6.45, 7) is 2.00. The Morgan fingerprint density at radius 1 is 0.966 bits per heavy atom. The first-order valence-electron chi connectivity index (χ1n) is 9.61. The van der Waals surface area contributed by atoms with E-state index in [1.165, 1.54) is 0 Å². The predicted octanol–water partition coefficient (Wildman–Crippen LogP) is 3.69. The summed E-state index contributed by atoms with van der Waals surface area (Å²) in [6, 6.07) is 25.9. The van der Waals surface area contributed by atoms with Gasteiger partial charge in [0.2, 0.25) is 0 Å². The Labute approximate surface area is 169 Å². The van der Waals surface area contributed by atoms with E-state index in [0.717, 1.165) is 22.3 Å². The molecule has 5 rings (SSSR count). The Balaban J connectivity index is 1.71. The Morgan fingerprint density at radius 3 is 2.31 bits per heavy atom. The van der Waals surface area contributed by atoms with E-state index in [-0.39, 0.29) is 11.9 Å². The maximum Gasteiger partial charge on any atom is 0.259 e. The van der Waals surface area contributed by atoms with Gasteiger partial charge in [0.15, 0.2) is 11.5 Å². The summed E-state index contributed by atoms with van der Waals surface area (Å²) < 4.78 is 6.48. The molecule has 0 fully saturated rings. The fourth-order valence-corrected chi connectivity index (χ4v) is 4.37. The van der Waals surface area contributed by atoms with Crippen LogP contribution in [0.1, 0.15) is 24.5 Å². The van der Waals surface area contributed by atoms with Gasteiger partial charge in [-0.25, -0.2) is 4.99 Å². The molecule has 0 aliphatic carbocycles. The molecular weight excluding hydrogens is 362 g/mol. The fourth-order valence-electron chi connectivity index (χ4n) is 4.37. The van der Waals surface area contributed by atoms with Crippen molar-refractivity contribution in [1.82, 2.24) is 5.32 Å². The van der Waals surface area contributed by atoms with Crippen LogP contribution in [0.4, 0.5) is 0 Å². The van der Waals surface area contributed by atoms with E-state index in [9.17, 15) is 4.79 Å². The molecule has 0 saturated carbocycles. The van der Waals surface area contributed by atoms with Gasteiger partial charge in [0.1, 0.15) is 11.4 Å². The van der Waals surface area contributed by atoms with Crippen LogP contribution in [0.2, 0.25) is 0 Å². The monoisotopic (exact) mass is 383 g/mol. The van der Waals surface area contributed by atoms with Gasteiger partial charge in [0, 0.05) is 12.0 Å². The highest BCUT2D eigenvalue weighted by Crippen LogP contribution is 2.51. The number of hydrogen-bond donors (Lipinski definition) is 2. The van der Waals surface area contributed by atoms with Crippen LogP contribution in [0.3, 0.4) is 0 Å². The lowest BCUT2D eigenvalue weighted by atomic mass is 9.74. The number of nitrogens with two attached hydrogens (primary N) is 1. The molecule has 0 saturated heterocycles. The molecule has 3 aromatic carbocycles. The minimum Gasteiger partial charge on any atom is -0.482 e. The highest BCUT2D eigenvalue weighted by Gasteiger charge is 2.55. The Hall–Kier alpha value is -3.60. The highest BCUT2D eigenvalue weighted by atomic mass is 16.5. The summed E-state index contributed by atoms with van der Waals surface area (Å²) >= 11 is 0. The lowest BCUT2D eigenvalue weighted by Gasteiger charge is -2.43. The summed E-state index contributed by atoms with van der Waals surface area (Å²) in [6.07, 6.45) is 0.363. The number of nitrogens with zero attached hydrogens (tertiary/aromatic N) is 1. The molecule has 29 heavy (non-hydrogen) atoms. The van der Waals surface area contributed by atoms with Crippen molar-refractivity contribution in [2.45, 2.75) is 24.5 Å². The van der Waals surface area contributed by atoms with Crippen molar-refractivity contribution in [1.29, 1.82) is 0 Å². The lowest BCUT2D eigenvalue weighted by Crippen LogP contribution is -2.48. The van der Waals surface area contributed by atoms with Crippen molar-refractivity contribution in [2.24, 2.45) is 10.7 Å². The summed E-state index contributed by atoms with van der Waals surface area (Å²) in [5.74, 6) is 0.575. The quantitative estimate of drug-likeness (QED) is 0.709. The average Bonchev–Trinajstić information content (AvgIpc) is 3.02. The van der Waals surface area contributed by atoms with Gasteiger partial charge in [0.05, 0.1) is 0 Å². The normalized spacial score (nSPS) is 25.1. The molecule has 2 aliphatic heterocycles. The van der Waals surface area contributed by atoms with Gasteiger partial charge >= 0.3 is 0 Å². The van der Waals surface area contributed by atoms with E-state index in [1.807, 2.05) is 85.8 Å². The minimum atomic E-state index is -1.12. The molecule has 1 amide bonds. The Morgan fingerprint density at radius 2 is 1.66 bits per heavy atom. The number of carbonyl (C=O) groups is 1. The molecule has 3 aromatic rings. The maximum atomic E-state index is 13.1. The van der Waals surface area contributed by atoms with E-state index in [2.05, 4.69) is 10.3 Å². The van der Waals surface area contributed by atoms with Gasteiger partial charge in [-0.15, -0.1) is 0 Å². The number of amides is 1. The summed E-state index contributed by atoms with van der Waals surface area (Å²) in [7, 11) is 0. The second kappa shape index (κ2) is 6.21. The molecule has 5 heteroatoms. The molecule has 1 unspecified atom stereocenters. The van der Waals surface area contributed by atoms with Crippen LogP contribution in [0.25, 0.3) is 11.1 Å². The van der Waals surface area contributed by atoms with Crippen molar-refractivity contribution in [2.75, 3.05) is 0 Å². The molecule has 0 radical (unpaired) electrons. The van der Waals surface area contributed by atoms with Crippen LogP contribution < -0.4 is 15.8 Å². The standard InChI is InChI=1S/C24H21N3O2/c1-23(18-10-6-3-7-11-18)15-24(21(28)26-22(25)27-24)19-14-17(12-13-20(19)29-23)16-8-4-2-5-9-16/h2-14H,15H2,1H3,(H3,25,26,27,28)/t23-,24?/m1/s1. The molecule has 3 N–H and O–H groups in total. The molecule has 5 nitrogen and oxygen atoms in total. The third-order valence-electron chi connectivity index (χ3n) is 5.77. The maximum absolute atomic E-state index is 13.1. The summed E-state index contributed by atoms with van der Waals surface area (Å²) in [5.41, 5.74) is 7.91. The van der Waals surface area contributed by atoms with Gasteiger partial charge in [-0.2, -0.15) is 0 Å². The number of benzene rings is 3. The number of nitrogens with one attached hydrogen (secondary N) is 1. The third-order valence-corrected chi connectivity index (χ3v) is 5.77. The SMILES string of the molecule is C[C@]1(c2ccccc2)CC2(N=C(N)NC2=O)c2cc(-c3ccccc3)ccc2O1. The first-order chi connectivity index (χ1) is 14.0. The number of hydrogen-bond acceptors (Lipinski definition) is 4. The number of carbonyl (C=O) groups excluding carboxylic acids is 1. The third kappa shape index (κ3) is 2.70. The first kappa shape index (κ1) is 17.5. The number of fused-ring (bicyclic) bond motifs is 2. The highest BCUT2D eigenvalue weighted by molar-refractivity contribution is 6.07. The van der Waals surface area contributed by atoms with E-state index < -0.39 is 11.1 Å². The van der Waals surface area contributed by atoms with E-state index >= 15 is 0 Å². The van der Waals surface area contributed by atoms with Gasteiger partial charge in [0.25, 0.3) is 5.91 Å². The van der Waals surface area contributed by atoms with E-state index in [0.29, 0.717) is 12.2 Å². The van der Waals surface area contributed by atoms with E-state index in [1.54, 1.807) is 0 Å². The Bertz CT molecular complexity index is 1130. The van der Waals surface area contributed by atoms with Crippen LogP contribution in [0, 0.1) is 0 Å². The van der Waals surface area contributed by atoms with Gasteiger partial charge < -0.3 is 10.5 Å². The minimum absolute atomic E-state index is 0.142. The van der Waals surface area contributed by atoms with Gasteiger partial charge in [-0.05, 0) is 35.7 Å². The van der Waals surface area contributed by atoms with E-state index in [4.69, 9.17) is 10.5 Å². The zero-order chi connectivity index (χ0) is 20.1. The first-order valence-corrected chi connectivity index (χ1v) is 9.61. The number of rotatable bonds is 2. The smallest absolute Gasteiger partial charge is 0.259 e. The second-order valence-electron chi connectivity index (χ2n) is 7.76. The second-order valence-corrected chi connectivity index (χ2v) is 7.76. The van der Waals surface area contributed by atoms with Crippen LogP contribution in [-0.2, 0) is 15.9 Å². The van der Waals surface area contributed by atoms with Crippen molar-refractivity contribution in [3.05, 3.63) is 90.0 Å². The molecule has 0 aromatic heterocycles. The molecule has 144 valence electrons. The number of aliphatic imine (C=N–C) groups is 1. The average molecular weight is 383 g/mol. The Kier molecular flexibility index (Phi) is 3.74. The summed E-state index contributed by atoms with van der Waals surface area (Å²) in [4.78, 5) is 17.7. The van der Waals surface area contributed by atoms with Crippen molar-refractivity contribution >= 4 is 11.9 Å². The van der Waals surface area contributed by atoms with Crippen LogP contribution in [0.15, 0.2) is 83.9 Å². The van der Waals surface area contributed by atoms with Crippen LogP contribution in [-0.4, -0.2) is 11.9 Å². The largest absolute Gasteiger partial charge is 0.482 e. The lowest BCUT2D eigenvalue weighted by molar-refractivity contribution is -0.127. The van der Waals surface area contributed by atoms with Crippen molar-refractivity contribution in [3.63, 3.8) is 0 Å². The number of ether oxygens (including phenoxy) is 1. The molecule has 2 aliphatic rings. The van der Waals surface area contributed by atoms with Crippen LogP contribution >= 0.6 is 0 Å². The molecule has 0 bridgehead atoms. The molecule has 2 heterocycles. The zero-order valence-electron chi connectivity index (χ0n) is 16.1. The molecule has 2 atom stereocenters. The van der Waals surface area contributed by atoms with Crippen molar-refractivity contribution < 1.29 is 9.53 Å². The molecular formula is C24H21N3O2. The fraction of sp³-hybridized carbons (Fsp3) is 0.167. The van der Waals surface area contributed by atoms with Gasteiger partial charge in [-0.3, -0.25) is 10.1 Å². The zero-order valence-corrected chi connectivity index (χ0v) is 16.1. The summed E-state index contributed by atoms with van der Waals surface area (Å²) in [5, 5.41) is 2.70. The van der Waals surface area contributed by atoms with Crippen molar-refractivity contribution in [3.8, 4) is 16.9 Å².